The van der Waals surface area contributed by atoms with Gasteiger partial charge in [0, 0.05) is 56.1 Å². The third-order valence-corrected chi connectivity index (χ3v) is 18.2. The second-order valence-electron chi connectivity index (χ2n) is 21.8. The lowest BCUT2D eigenvalue weighted by Crippen LogP contribution is -2.67. The SMILES string of the molecule is CC1(c2ccccc2)c2cccc3c2B2c4c(cc(N5c6ccccc6C6(C)CCCCC56C)cc4N(c4ccccc4-c4ccc(C(F)(F)F)cc4)c4cccc1c42)N3c1ccccc1-c1ccc(C(F)(F)F)cc1. The van der Waals surface area contributed by atoms with Crippen molar-refractivity contribution in [2.24, 2.45) is 0 Å². The van der Waals surface area contributed by atoms with Crippen molar-refractivity contribution in [3.05, 3.63) is 234 Å². The van der Waals surface area contributed by atoms with Crippen LogP contribution in [0.3, 0.4) is 0 Å². The highest BCUT2D eigenvalue weighted by Crippen LogP contribution is 2.62. The number of rotatable bonds is 6. The summed E-state index contributed by atoms with van der Waals surface area (Å²) in [5, 5.41) is 0. The molecular formula is C66H50BF6N3. The molecule has 0 radical (unpaired) electrons. The highest BCUT2D eigenvalue weighted by atomic mass is 19.4. The molecule has 1 fully saturated rings. The summed E-state index contributed by atoms with van der Waals surface area (Å²) in [6.07, 6.45) is -4.82. The summed E-state index contributed by atoms with van der Waals surface area (Å²) in [5.74, 6) is 0. The zero-order valence-corrected chi connectivity index (χ0v) is 42.1. The normalized spacial score (nSPS) is 19.5. The largest absolute Gasteiger partial charge is 0.416 e. The van der Waals surface area contributed by atoms with Crippen LogP contribution in [0.1, 0.15) is 79.8 Å². The zero-order chi connectivity index (χ0) is 52.1. The second kappa shape index (κ2) is 16.3. The molecule has 5 aliphatic rings. The Kier molecular flexibility index (Phi) is 9.96. The van der Waals surface area contributed by atoms with Crippen molar-refractivity contribution in [2.75, 3.05) is 14.7 Å². The van der Waals surface area contributed by atoms with E-state index >= 15 is 0 Å². The van der Waals surface area contributed by atoms with Gasteiger partial charge in [-0.25, -0.2) is 0 Å². The van der Waals surface area contributed by atoms with E-state index in [2.05, 4.69) is 145 Å². The molecule has 1 saturated carbocycles. The fourth-order valence-corrected chi connectivity index (χ4v) is 14.4. The maximum atomic E-state index is 14.2. The molecule has 76 heavy (non-hydrogen) atoms. The molecule has 2 atom stereocenters. The number of para-hydroxylation sites is 3. The van der Waals surface area contributed by atoms with E-state index in [1.165, 1.54) is 5.56 Å². The van der Waals surface area contributed by atoms with E-state index < -0.39 is 28.9 Å². The molecule has 0 amide bonds. The molecule has 4 aliphatic heterocycles. The third-order valence-electron chi connectivity index (χ3n) is 18.2. The molecule has 0 N–H and O–H groups in total. The third kappa shape index (κ3) is 6.39. The monoisotopic (exact) mass is 1010 g/mol. The fraction of sp³-hybridized carbons (Fsp3) is 0.182. The van der Waals surface area contributed by atoms with Crippen LogP contribution in [0.5, 0.6) is 0 Å². The molecule has 374 valence electrons. The van der Waals surface area contributed by atoms with Gasteiger partial charge in [-0.3, -0.25) is 0 Å². The van der Waals surface area contributed by atoms with E-state index in [9.17, 15) is 26.3 Å². The van der Waals surface area contributed by atoms with Crippen molar-refractivity contribution in [1.29, 1.82) is 0 Å². The molecule has 9 aromatic carbocycles. The summed E-state index contributed by atoms with van der Waals surface area (Å²) in [6.45, 7) is 6.89. The summed E-state index contributed by atoms with van der Waals surface area (Å²) in [4.78, 5) is 7.31. The molecule has 3 nitrogen and oxygen atoms in total. The van der Waals surface area contributed by atoms with E-state index in [4.69, 9.17) is 0 Å². The number of anilines is 8. The van der Waals surface area contributed by atoms with Gasteiger partial charge in [-0.1, -0.05) is 153 Å². The Hall–Kier alpha value is -7.98. The predicted octanol–water partition coefficient (Wildman–Crippen LogP) is 16.6. The minimum absolute atomic E-state index is 0.174. The fourth-order valence-electron chi connectivity index (χ4n) is 14.4. The second-order valence-corrected chi connectivity index (χ2v) is 21.8. The first-order chi connectivity index (χ1) is 36.6. The van der Waals surface area contributed by atoms with E-state index in [1.54, 1.807) is 24.3 Å². The van der Waals surface area contributed by atoms with Gasteiger partial charge in [0.15, 0.2) is 0 Å². The average Bonchev–Trinajstić information content (AvgIpc) is 3.83. The summed E-state index contributed by atoms with van der Waals surface area (Å²) < 4.78 is 85.0. The zero-order valence-electron chi connectivity index (χ0n) is 42.1. The molecule has 0 bridgehead atoms. The van der Waals surface area contributed by atoms with Gasteiger partial charge in [-0.2, -0.15) is 26.3 Å². The Labute approximate surface area is 438 Å². The molecule has 0 spiro atoms. The highest BCUT2D eigenvalue weighted by Gasteiger charge is 2.59. The lowest BCUT2D eigenvalue weighted by Gasteiger charge is -2.53. The molecule has 2 unspecified atom stereocenters. The molecule has 4 heterocycles. The van der Waals surface area contributed by atoms with Crippen molar-refractivity contribution in [1.82, 2.24) is 0 Å². The number of alkyl halides is 6. The summed E-state index contributed by atoms with van der Waals surface area (Å²) in [7, 11) is 0. The van der Waals surface area contributed by atoms with Gasteiger partial charge >= 0.3 is 12.4 Å². The Bertz CT molecular complexity index is 3650. The minimum Gasteiger partial charge on any atom is -0.334 e. The highest BCUT2D eigenvalue weighted by molar-refractivity contribution is 7.01. The van der Waals surface area contributed by atoms with Crippen molar-refractivity contribution >= 4 is 68.6 Å². The molecular weight excluding hydrogens is 960 g/mol. The summed E-state index contributed by atoms with van der Waals surface area (Å²) in [5.41, 5.74) is 15.9. The van der Waals surface area contributed by atoms with Gasteiger partial charge in [0.05, 0.1) is 28.0 Å². The number of benzene rings is 9. The van der Waals surface area contributed by atoms with Crippen LogP contribution in [0, 0.1) is 0 Å². The van der Waals surface area contributed by atoms with Crippen molar-refractivity contribution < 1.29 is 26.3 Å². The minimum atomic E-state index is -4.50. The quantitative estimate of drug-likeness (QED) is 0.121. The smallest absolute Gasteiger partial charge is 0.334 e. The Morgan fingerprint density at radius 1 is 0.408 bits per heavy atom. The van der Waals surface area contributed by atoms with Gasteiger partial charge in [-0.05, 0) is 143 Å². The lowest BCUT2D eigenvalue weighted by atomic mass is 9.28. The Balaban J connectivity index is 1.12. The molecule has 1 aliphatic carbocycles. The molecule has 9 aromatic rings. The first-order valence-electron chi connectivity index (χ1n) is 26.1. The van der Waals surface area contributed by atoms with Crippen molar-refractivity contribution in [2.45, 2.75) is 75.2 Å². The molecule has 0 aromatic heterocycles. The summed E-state index contributed by atoms with van der Waals surface area (Å²) in [6, 6.07) is 64.3. The number of hydrogen-bond acceptors (Lipinski definition) is 3. The van der Waals surface area contributed by atoms with Crippen LogP contribution in [0.15, 0.2) is 200 Å². The van der Waals surface area contributed by atoms with Gasteiger partial charge < -0.3 is 14.7 Å². The number of nitrogens with zero attached hydrogens (tertiary/aromatic N) is 3. The van der Waals surface area contributed by atoms with E-state index in [-0.39, 0.29) is 17.7 Å². The van der Waals surface area contributed by atoms with Crippen LogP contribution in [-0.2, 0) is 23.2 Å². The predicted molar refractivity (Wildman–Crippen MR) is 296 cm³/mol. The number of fused-ring (bicyclic) bond motifs is 3. The van der Waals surface area contributed by atoms with Crippen LogP contribution in [-0.4, -0.2) is 12.3 Å². The number of halogens is 6. The first kappa shape index (κ1) is 46.5. The van der Waals surface area contributed by atoms with Gasteiger partial charge in [-0.15, -0.1) is 0 Å². The maximum absolute atomic E-state index is 14.2. The standard InChI is InChI=1S/C66H50BF6N3/c1-62-37-13-14-38-63(62,2)76(54-26-12-9-21-49(54)62)46-39-57-61-58(40-46)75(53-25-11-8-20-48(53)42-31-35-45(36-32-42)66(71,72)73)56-28-16-23-51-60(56)67(61)59-50(64(51,3)43-17-5-4-6-18-43)22-15-27-55(59)74(57)52-24-10-7-19-47(52)41-29-33-44(34-30-41)65(68,69)70/h4-12,15-36,39-40H,13-14,37-38H2,1-3H3. The van der Waals surface area contributed by atoms with Crippen molar-refractivity contribution in [3.8, 4) is 22.3 Å². The van der Waals surface area contributed by atoms with E-state index in [0.717, 1.165) is 140 Å². The topological polar surface area (TPSA) is 9.72 Å². The van der Waals surface area contributed by atoms with Crippen LogP contribution < -0.4 is 31.1 Å². The van der Waals surface area contributed by atoms with Gasteiger partial charge in [0.1, 0.15) is 0 Å². The van der Waals surface area contributed by atoms with E-state index in [0.29, 0.717) is 11.1 Å². The molecule has 10 heteroatoms. The molecule has 14 rings (SSSR count). The average molecular weight is 1010 g/mol. The Morgan fingerprint density at radius 3 is 1.36 bits per heavy atom. The maximum Gasteiger partial charge on any atom is 0.416 e. The van der Waals surface area contributed by atoms with Crippen LogP contribution >= 0.6 is 0 Å². The van der Waals surface area contributed by atoms with Gasteiger partial charge in [0.2, 0.25) is 0 Å². The first-order valence-corrected chi connectivity index (χ1v) is 26.1. The Morgan fingerprint density at radius 2 is 0.842 bits per heavy atom. The van der Waals surface area contributed by atoms with Crippen LogP contribution in [0.25, 0.3) is 22.3 Å². The van der Waals surface area contributed by atoms with Crippen molar-refractivity contribution in [3.63, 3.8) is 0 Å². The van der Waals surface area contributed by atoms with Crippen LogP contribution in [0.2, 0.25) is 0 Å². The summed E-state index contributed by atoms with van der Waals surface area (Å²) >= 11 is 0. The molecule has 0 saturated heterocycles. The number of hydrogen-bond donors (Lipinski definition) is 0. The van der Waals surface area contributed by atoms with Gasteiger partial charge in [0.25, 0.3) is 6.71 Å². The van der Waals surface area contributed by atoms with E-state index in [1.807, 2.05) is 42.5 Å². The lowest BCUT2D eigenvalue weighted by molar-refractivity contribution is -0.138. The van der Waals surface area contributed by atoms with Crippen LogP contribution in [0.4, 0.5) is 71.8 Å².